The topological polar surface area (TPSA) is 58.2 Å². The van der Waals surface area contributed by atoms with Gasteiger partial charge in [0.2, 0.25) is 0 Å². The van der Waals surface area contributed by atoms with Crippen molar-refractivity contribution in [3.8, 4) is 0 Å². The van der Waals surface area contributed by atoms with Gasteiger partial charge in [-0.3, -0.25) is 9.59 Å². The van der Waals surface area contributed by atoms with E-state index in [4.69, 9.17) is 11.6 Å². The Morgan fingerprint density at radius 3 is 2.32 bits per heavy atom. The molecule has 0 unspecified atom stereocenters. The summed E-state index contributed by atoms with van der Waals surface area (Å²) >= 11 is 7.41. The van der Waals surface area contributed by atoms with Crippen LogP contribution in [0.2, 0.25) is 5.02 Å². The smallest absolute Gasteiger partial charge is 0.258 e. The molecule has 2 amide bonds. The molecular formula is C22H19ClN2O2S. The molecule has 1 heterocycles. The highest BCUT2D eigenvalue weighted by molar-refractivity contribution is 7.17. The largest absolute Gasteiger partial charge is 0.322 e. The second-order valence-electron chi connectivity index (χ2n) is 6.70. The van der Waals surface area contributed by atoms with Crippen molar-refractivity contribution in [2.24, 2.45) is 0 Å². The number of amides is 2. The normalized spacial score (nSPS) is 12.9. The van der Waals surface area contributed by atoms with E-state index < -0.39 is 0 Å². The minimum absolute atomic E-state index is 0.183. The molecular weight excluding hydrogens is 392 g/mol. The van der Waals surface area contributed by atoms with Gasteiger partial charge in [0.15, 0.2) is 0 Å². The molecule has 1 aliphatic carbocycles. The van der Waals surface area contributed by atoms with E-state index >= 15 is 0 Å². The predicted molar refractivity (Wildman–Crippen MR) is 115 cm³/mol. The average Bonchev–Trinajstić information content (AvgIpc) is 3.07. The Bertz CT molecular complexity index is 1010. The molecule has 0 atom stereocenters. The first-order chi connectivity index (χ1) is 13.6. The van der Waals surface area contributed by atoms with Crippen molar-refractivity contribution >= 4 is 45.4 Å². The lowest BCUT2D eigenvalue weighted by atomic mass is 9.95. The van der Waals surface area contributed by atoms with Gasteiger partial charge in [-0.1, -0.05) is 29.8 Å². The van der Waals surface area contributed by atoms with Gasteiger partial charge in [-0.2, -0.15) is 0 Å². The Labute approximate surface area is 172 Å². The van der Waals surface area contributed by atoms with Crippen LogP contribution < -0.4 is 10.6 Å². The van der Waals surface area contributed by atoms with Gasteiger partial charge < -0.3 is 10.6 Å². The van der Waals surface area contributed by atoms with Crippen molar-refractivity contribution < 1.29 is 9.59 Å². The van der Waals surface area contributed by atoms with Crippen LogP contribution in [-0.2, 0) is 12.8 Å². The highest BCUT2D eigenvalue weighted by Crippen LogP contribution is 2.38. The van der Waals surface area contributed by atoms with E-state index in [0.29, 0.717) is 21.2 Å². The lowest BCUT2D eigenvalue weighted by Gasteiger charge is -2.13. The maximum Gasteiger partial charge on any atom is 0.258 e. The van der Waals surface area contributed by atoms with E-state index in [9.17, 15) is 9.59 Å². The minimum atomic E-state index is -0.246. The lowest BCUT2D eigenvalue weighted by Crippen LogP contribution is -2.18. The number of rotatable bonds is 4. The van der Waals surface area contributed by atoms with Gasteiger partial charge in [-0.05, 0) is 67.6 Å². The van der Waals surface area contributed by atoms with Crippen LogP contribution in [0.5, 0.6) is 0 Å². The Hall–Kier alpha value is -2.63. The Kier molecular flexibility index (Phi) is 5.46. The summed E-state index contributed by atoms with van der Waals surface area (Å²) in [5.41, 5.74) is 2.89. The van der Waals surface area contributed by atoms with E-state index in [1.54, 1.807) is 24.3 Å². The van der Waals surface area contributed by atoms with Crippen molar-refractivity contribution in [2.75, 3.05) is 10.6 Å². The highest BCUT2D eigenvalue weighted by atomic mass is 35.5. The SMILES string of the molecule is O=C(Nc1sc2c(c1C(=O)Nc1ccccc1)CCCC2)c1ccc(Cl)cc1. The molecule has 3 aromatic rings. The summed E-state index contributed by atoms with van der Waals surface area (Å²) in [5.74, 6) is -0.430. The lowest BCUT2D eigenvalue weighted by molar-refractivity contribution is 0.102. The number of benzene rings is 2. The summed E-state index contributed by atoms with van der Waals surface area (Å²) in [4.78, 5) is 26.9. The number of hydrogen-bond donors (Lipinski definition) is 2. The zero-order valence-corrected chi connectivity index (χ0v) is 16.7. The number of thiophene rings is 1. The van der Waals surface area contributed by atoms with E-state index in [-0.39, 0.29) is 11.8 Å². The molecule has 2 N–H and O–H groups in total. The molecule has 1 aliphatic rings. The second-order valence-corrected chi connectivity index (χ2v) is 8.24. The van der Waals surface area contributed by atoms with Crippen LogP contribution in [0.15, 0.2) is 54.6 Å². The summed E-state index contributed by atoms with van der Waals surface area (Å²) < 4.78 is 0. The molecule has 4 rings (SSSR count). The molecule has 4 nitrogen and oxygen atoms in total. The molecule has 142 valence electrons. The quantitative estimate of drug-likeness (QED) is 0.572. The van der Waals surface area contributed by atoms with Gasteiger partial charge in [0.05, 0.1) is 5.56 Å². The highest BCUT2D eigenvalue weighted by Gasteiger charge is 2.26. The first kappa shape index (κ1) is 18.7. The van der Waals surface area contributed by atoms with Crippen molar-refractivity contribution in [1.82, 2.24) is 0 Å². The summed E-state index contributed by atoms with van der Waals surface area (Å²) in [6.07, 6.45) is 3.97. The molecule has 28 heavy (non-hydrogen) atoms. The van der Waals surface area contributed by atoms with Gasteiger partial charge >= 0.3 is 0 Å². The zero-order valence-electron chi connectivity index (χ0n) is 15.1. The number of nitrogens with one attached hydrogen (secondary N) is 2. The van der Waals surface area contributed by atoms with Gasteiger partial charge in [-0.15, -0.1) is 11.3 Å². The van der Waals surface area contributed by atoms with Gasteiger partial charge in [0.25, 0.3) is 11.8 Å². The number of anilines is 2. The molecule has 0 radical (unpaired) electrons. The molecule has 0 spiro atoms. The summed E-state index contributed by atoms with van der Waals surface area (Å²) in [7, 11) is 0. The van der Waals surface area contributed by atoms with Crippen LogP contribution >= 0.6 is 22.9 Å². The number of aryl methyl sites for hydroxylation is 1. The number of carbonyl (C=O) groups is 2. The number of halogens is 1. The van der Waals surface area contributed by atoms with Gasteiger partial charge in [-0.25, -0.2) is 0 Å². The van der Waals surface area contributed by atoms with Crippen LogP contribution in [-0.4, -0.2) is 11.8 Å². The molecule has 0 fully saturated rings. The van der Waals surface area contributed by atoms with Crippen LogP contribution in [0.3, 0.4) is 0 Å². The Balaban J connectivity index is 1.65. The number of carbonyl (C=O) groups excluding carboxylic acids is 2. The van der Waals surface area contributed by atoms with Gasteiger partial charge in [0, 0.05) is 21.2 Å². The Morgan fingerprint density at radius 2 is 1.57 bits per heavy atom. The van der Waals surface area contributed by atoms with Crippen LogP contribution in [0.1, 0.15) is 44.0 Å². The van der Waals surface area contributed by atoms with Crippen molar-refractivity contribution in [1.29, 1.82) is 0 Å². The third-order valence-corrected chi connectivity index (χ3v) is 6.22. The van der Waals surface area contributed by atoms with Gasteiger partial charge in [0.1, 0.15) is 5.00 Å². The average molecular weight is 411 g/mol. The first-order valence-electron chi connectivity index (χ1n) is 9.19. The predicted octanol–water partition coefficient (Wildman–Crippen LogP) is 5.78. The number of hydrogen-bond acceptors (Lipinski definition) is 3. The third-order valence-electron chi connectivity index (χ3n) is 4.76. The van der Waals surface area contributed by atoms with Crippen LogP contribution in [0.4, 0.5) is 10.7 Å². The number of fused-ring (bicyclic) bond motifs is 1. The fraction of sp³-hybridized carbons (Fsp3) is 0.182. The van der Waals surface area contributed by atoms with E-state index in [2.05, 4.69) is 10.6 Å². The summed E-state index contributed by atoms with van der Waals surface area (Å²) in [5, 5.41) is 7.09. The van der Waals surface area contributed by atoms with E-state index in [1.807, 2.05) is 30.3 Å². The van der Waals surface area contributed by atoms with Crippen molar-refractivity contribution in [3.63, 3.8) is 0 Å². The standard InChI is InChI=1S/C22H19ClN2O2S/c23-15-12-10-14(11-13-15)20(26)25-22-19(17-8-4-5-9-18(17)28-22)21(27)24-16-6-2-1-3-7-16/h1-3,6-7,10-13H,4-5,8-9H2,(H,24,27)(H,25,26). The zero-order chi connectivity index (χ0) is 19.5. The summed E-state index contributed by atoms with van der Waals surface area (Å²) in [6, 6.07) is 16.1. The Morgan fingerprint density at radius 1 is 0.857 bits per heavy atom. The fourth-order valence-electron chi connectivity index (χ4n) is 3.39. The summed E-state index contributed by atoms with van der Waals surface area (Å²) in [6.45, 7) is 0. The third kappa shape index (κ3) is 3.96. The number of para-hydroxylation sites is 1. The maximum atomic E-state index is 13.1. The molecule has 0 saturated carbocycles. The van der Waals surface area contributed by atoms with Crippen molar-refractivity contribution in [2.45, 2.75) is 25.7 Å². The second kappa shape index (κ2) is 8.17. The molecule has 2 aromatic carbocycles. The van der Waals surface area contributed by atoms with E-state index in [1.165, 1.54) is 16.2 Å². The fourth-order valence-corrected chi connectivity index (χ4v) is 4.79. The monoisotopic (exact) mass is 410 g/mol. The molecule has 0 saturated heterocycles. The first-order valence-corrected chi connectivity index (χ1v) is 10.4. The minimum Gasteiger partial charge on any atom is -0.322 e. The molecule has 1 aromatic heterocycles. The van der Waals surface area contributed by atoms with E-state index in [0.717, 1.165) is 36.9 Å². The maximum absolute atomic E-state index is 13.1. The molecule has 0 bridgehead atoms. The van der Waals surface area contributed by atoms with Crippen LogP contribution in [0, 0.1) is 0 Å². The molecule has 6 heteroatoms. The van der Waals surface area contributed by atoms with Crippen molar-refractivity contribution in [3.05, 3.63) is 81.2 Å². The molecule has 0 aliphatic heterocycles. The van der Waals surface area contributed by atoms with Crippen LogP contribution in [0.25, 0.3) is 0 Å².